The molecule has 1 aliphatic rings. The molecular formula is C12H25NO2. The summed E-state index contributed by atoms with van der Waals surface area (Å²) < 4.78 is 5.36. The van der Waals surface area contributed by atoms with Gasteiger partial charge < -0.3 is 15.6 Å². The summed E-state index contributed by atoms with van der Waals surface area (Å²) in [6.07, 6.45) is 5.30. The van der Waals surface area contributed by atoms with Crippen LogP contribution >= 0.6 is 0 Å². The fourth-order valence-electron chi connectivity index (χ4n) is 2.06. The molecule has 0 unspecified atom stereocenters. The highest BCUT2D eigenvalue weighted by Gasteiger charge is 2.33. The van der Waals surface area contributed by atoms with E-state index in [9.17, 15) is 5.11 Å². The monoisotopic (exact) mass is 215 g/mol. The summed E-state index contributed by atoms with van der Waals surface area (Å²) in [4.78, 5) is 0. The van der Waals surface area contributed by atoms with E-state index in [2.05, 4.69) is 13.8 Å². The largest absolute Gasteiger partial charge is 0.390 e. The second-order valence-electron chi connectivity index (χ2n) is 5.53. The molecule has 90 valence electrons. The quantitative estimate of drug-likeness (QED) is 0.752. The zero-order valence-corrected chi connectivity index (χ0v) is 10.3. The van der Waals surface area contributed by atoms with Gasteiger partial charge in [0.05, 0.1) is 11.2 Å². The first kappa shape index (κ1) is 12.9. The number of hydrogen-bond acceptors (Lipinski definition) is 3. The predicted molar refractivity (Wildman–Crippen MR) is 61.7 cm³/mol. The van der Waals surface area contributed by atoms with Gasteiger partial charge >= 0.3 is 0 Å². The number of hydrogen-bond donors (Lipinski definition) is 2. The van der Waals surface area contributed by atoms with E-state index in [1.807, 2.05) is 0 Å². The van der Waals surface area contributed by atoms with Crippen LogP contribution in [0.15, 0.2) is 0 Å². The topological polar surface area (TPSA) is 55.5 Å². The molecule has 1 saturated carbocycles. The first-order valence-electron chi connectivity index (χ1n) is 5.90. The summed E-state index contributed by atoms with van der Waals surface area (Å²) >= 11 is 0. The Morgan fingerprint density at radius 1 is 1.40 bits per heavy atom. The lowest BCUT2D eigenvalue weighted by Crippen LogP contribution is -2.40. The average Bonchev–Trinajstić information content (AvgIpc) is 2.21. The fourth-order valence-corrected chi connectivity index (χ4v) is 2.06. The minimum absolute atomic E-state index is 0.130. The van der Waals surface area contributed by atoms with Crippen LogP contribution in [0.4, 0.5) is 0 Å². The predicted octanol–water partition coefficient (Wildman–Crippen LogP) is 1.82. The zero-order chi connectivity index (χ0) is 11.5. The summed E-state index contributed by atoms with van der Waals surface area (Å²) in [6, 6.07) is 0.292. The van der Waals surface area contributed by atoms with Crippen LogP contribution in [0.2, 0.25) is 0 Å². The zero-order valence-electron chi connectivity index (χ0n) is 10.3. The van der Waals surface area contributed by atoms with Crippen molar-refractivity contribution in [2.24, 2.45) is 5.73 Å². The van der Waals surface area contributed by atoms with Crippen molar-refractivity contribution in [3.8, 4) is 0 Å². The van der Waals surface area contributed by atoms with E-state index >= 15 is 0 Å². The van der Waals surface area contributed by atoms with Crippen molar-refractivity contribution in [3.05, 3.63) is 0 Å². The molecule has 15 heavy (non-hydrogen) atoms. The SMILES string of the molecule is COC(C)(C)CCC1(O)CCC(N)CC1. The van der Waals surface area contributed by atoms with E-state index in [4.69, 9.17) is 10.5 Å². The van der Waals surface area contributed by atoms with Crippen molar-refractivity contribution >= 4 is 0 Å². The Labute approximate surface area is 93.0 Å². The Balaban J connectivity index is 2.37. The van der Waals surface area contributed by atoms with E-state index in [-0.39, 0.29) is 5.60 Å². The third-order valence-electron chi connectivity index (χ3n) is 3.71. The van der Waals surface area contributed by atoms with Gasteiger partial charge in [-0.05, 0) is 52.4 Å². The molecule has 0 aliphatic heterocycles. The normalized spacial score (nSPS) is 33.0. The van der Waals surface area contributed by atoms with Gasteiger partial charge in [0.25, 0.3) is 0 Å². The first-order valence-corrected chi connectivity index (χ1v) is 5.90. The molecule has 0 aromatic heterocycles. The summed E-state index contributed by atoms with van der Waals surface area (Å²) in [5, 5.41) is 10.3. The molecule has 0 amide bonds. The molecule has 3 heteroatoms. The smallest absolute Gasteiger partial charge is 0.0650 e. The maximum Gasteiger partial charge on any atom is 0.0650 e. The number of aliphatic hydroxyl groups is 1. The molecule has 3 N–H and O–H groups in total. The van der Waals surface area contributed by atoms with Gasteiger partial charge in [-0.1, -0.05) is 0 Å². The van der Waals surface area contributed by atoms with Crippen LogP contribution < -0.4 is 5.73 Å². The molecule has 1 rings (SSSR count). The van der Waals surface area contributed by atoms with Gasteiger partial charge in [0.2, 0.25) is 0 Å². The molecule has 0 aromatic rings. The van der Waals surface area contributed by atoms with Crippen LogP contribution in [-0.2, 0) is 4.74 Å². The van der Waals surface area contributed by atoms with Crippen LogP contribution in [0, 0.1) is 0 Å². The lowest BCUT2D eigenvalue weighted by Gasteiger charge is -2.37. The molecule has 1 aliphatic carbocycles. The van der Waals surface area contributed by atoms with Gasteiger partial charge in [0.15, 0.2) is 0 Å². The van der Waals surface area contributed by atoms with Gasteiger partial charge in [0.1, 0.15) is 0 Å². The maximum absolute atomic E-state index is 10.3. The molecular weight excluding hydrogens is 190 g/mol. The second-order valence-corrected chi connectivity index (χ2v) is 5.53. The Morgan fingerprint density at radius 2 is 1.93 bits per heavy atom. The number of ether oxygens (including phenoxy) is 1. The standard InChI is InChI=1S/C12H25NO2/c1-11(2,15-3)8-9-12(14)6-4-10(13)5-7-12/h10,14H,4-9,13H2,1-3H3. The molecule has 0 heterocycles. The van der Waals surface area contributed by atoms with E-state index in [0.29, 0.717) is 6.04 Å². The number of methoxy groups -OCH3 is 1. The lowest BCUT2D eigenvalue weighted by atomic mass is 9.78. The van der Waals surface area contributed by atoms with Crippen molar-refractivity contribution in [1.29, 1.82) is 0 Å². The summed E-state index contributed by atoms with van der Waals surface area (Å²) in [5.41, 5.74) is 5.20. The van der Waals surface area contributed by atoms with Crippen LogP contribution in [0.1, 0.15) is 52.4 Å². The third kappa shape index (κ3) is 4.09. The summed E-state index contributed by atoms with van der Waals surface area (Å²) in [6.45, 7) is 4.12. The average molecular weight is 215 g/mol. The van der Waals surface area contributed by atoms with Crippen molar-refractivity contribution in [1.82, 2.24) is 0 Å². The molecule has 0 bridgehead atoms. The van der Waals surface area contributed by atoms with E-state index in [1.54, 1.807) is 7.11 Å². The van der Waals surface area contributed by atoms with Crippen molar-refractivity contribution < 1.29 is 9.84 Å². The summed E-state index contributed by atoms with van der Waals surface area (Å²) in [7, 11) is 1.72. The van der Waals surface area contributed by atoms with Gasteiger partial charge in [-0.25, -0.2) is 0 Å². The van der Waals surface area contributed by atoms with E-state index in [0.717, 1.165) is 38.5 Å². The molecule has 0 aromatic carbocycles. The maximum atomic E-state index is 10.3. The Bertz CT molecular complexity index is 196. The number of nitrogens with two attached hydrogens (primary N) is 1. The number of rotatable bonds is 4. The van der Waals surface area contributed by atoms with Gasteiger partial charge in [-0.2, -0.15) is 0 Å². The van der Waals surface area contributed by atoms with Gasteiger partial charge in [0, 0.05) is 13.2 Å². The lowest BCUT2D eigenvalue weighted by molar-refractivity contribution is -0.0445. The first-order chi connectivity index (χ1) is 6.87. The van der Waals surface area contributed by atoms with Crippen LogP contribution in [-0.4, -0.2) is 29.5 Å². The van der Waals surface area contributed by atoms with Crippen molar-refractivity contribution in [2.45, 2.75) is 69.6 Å². The third-order valence-corrected chi connectivity index (χ3v) is 3.71. The Hall–Kier alpha value is -0.120. The minimum atomic E-state index is -0.494. The molecule has 1 fully saturated rings. The highest BCUT2D eigenvalue weighted by atomic mass is 16.5. The van der Waals surface area contributed by atoms with Gasteiger partial charge in [-0.3, -0.25) is 0 Å². The Kier molecular flexibility index (Phi) is 4.15. The van der Waals surface area contributed by atoms with Crippen molar-refractivity contribution in [2.75, 3.05) is 7.11 Å². The molecule has 0 spiro atoms. The highest BCUT2D eigenvalue weighted by Crippen LogP contribution is 2.33. The minimum Gasteiger partial charge on any atom is -0.390 e. The van der Waals surface area contributed by atoms with Gasteiger partial charge in [-0.15, -0.1) is 0 Å². The molecule has 3 nitrogen and oxygen atoms in total. The molecule has 0 atom stereocenters. The van der Waals surface area contributed by atoms with Crippen LogP contribution in [0.5, 0.6) is 0 Å². The van der Waals surface area contributed by atoms with Crippen molar-refractivity contribution in [3.63, 3.8) is 0 Å². The fraction of sp³-hybridized carbons (Fsp3) is 1.00. The highest BCUT2D eigenvalue weighted by molar-refractivity contribution is 4.88. The molecule has 0 radical (unpaired) electrons. The second kappa shape index (κ2) is 4.81. The Morgan fingerprint density at radius 3 is 2.40 bits per heavy atom. The van der Waals surface area contributed by atoms with Crippen LogP contribution in [0.25, 0.3) is 0 Å². The van der Waals surface area contributed by atoms with Crippen LogP contribution in [0.3, 0.4) is 0 Å². The summed E-state index contributed by atoms with van der Waals surface area (Å²) in [5.74, 6) is 0. The van der Waals surface area contributed by atoms with E-state index in [1.165, 1.54) is 0 Å². The van der Waals surface area contributed by atoms with E-state index < -0.39 is 5.60 Å². The molecule has 0 saturated heterocycles.